The molecule has 1 atom stereocenters. The van der Waals surface area contributed by atoms with E-state index in [4.69, 9.17) is 0 Å². The molecule has 0 spiro atoms. The molecule has 1 aromatic heterocycles. The lowest BCUT2D eigenvalue weighted by atomic mass is 9.92. The van der Waals surface area contributed by atoms with Gasteiger partial charge in [0.05, 0.1) is 6.54 Å². The summed E-state index contributed by atoms with van der Waals surface area (Å²) in [5.74, 6) is -1.96. The molecule has 6 amide bonds. The highest BCUT2D eigenvalue weighted by Gasteiger charge is 2.49. The molecule has 3 N–H and O–H groups in total. The maximum Gasteiger partial charge on any atom is 0.325 e. The van der Waals surface area contributed by atoms with Crippen LogP contribution in [0.25, 0.3) is 0 Å². The van der Waals surface area contributed by atoms with E-state index >= 15 is 0 Å². The number of hydrogen-bond acceptors (Lipinski definition) is 5. The number of amides is 6. The summed E-state index contributed by atoms with van der Waals surface area (Å²) in [7, 11) is 0. The van der Waals surface area contributed by atoms with Crippen molar-refractivity contribution < 1.29 is 23.6 Å². The van der Waals surface area contributed by atoms with Crippen LogP contribution in [0.5, 0.6) is 0 Å². The fraction of sp³-hybridized carbons (Fsp3) is 0.222. The van der Waals surface area contributed by atoms with Crippen LogP contribution in [0.4, 0.5) is 14.0 Å². The molecule has 1 aliphatic rings. The lowest BCUT2D eigenvalue weighted by Crippen LogP contribution is -2.46. The van der Waals surface area contributed by atoms with E-state index in [9.17, 15) is 23.6 Å². The molecule has 1 saturated heterocycles. The van der Waals surface area contributed by atoms with E-state index in [1.807, 2.05) is 17.5 Å². The molecule has 0 radical (unpaired) electrons. The van der Waals surface area contributed by atoms with Gasteiger partial charge in [-0.25, -0.2) is 14.0 Å². The van der Waals surface area contributed by atoms with Crippen LogP contribution >= 0.6 is 11.3 Å². The Kier molecular flexibility index (Phi) is 5.41. The third kappa shape index (κ3) is 4.01. The summed E-state index contributed by atoms with van der Waals surface area (Å²) < 4.78 is 13.1. The van der Waals surface area contributed by atoms with E-state index in [-0.39, 0.29) is 6.54 Å². The minimum Gasteiger partial charge on any atom is -0.333 e. The topological polar surface area (TPSA) is 108 Å². The first kappa shape index (κ1) is 19.5. The maximum atomic E-state index is 13.1. The van der Waals surface area contributed by atoms with Crippen molar-refractivity contribution in [3.63, 3.8) is 0 Å². The number of rotatable bonds is 5. The lowest BCUT2D eigenvalue weighted by molar-refractivity contribution is -0.134. The number of nitrogens with zero attached hydrogens (tertiary/aromatic N) is 1. The first-order chi connectivity index (χ1) is 13.3. The van der Waals surface area contributed by atoms with Crippen molar-refractivity contribution in [3.8, 4) is 0 Å². The maximum absolute atomic E-state index is 13.1. The number of imide groups is 2. The van der Waals surface area contributed by atoms with Gasteiger partial charge in [-0.05, 0) is 36.1 Å². The Bertz CT molecular complexity index is 916. The van der Waals surface area contributed by atoms with E-state index in [1.54, 1.807) is 0 Å². The second kappa shape index (κ2) is 7.77. The number of carbonyl (C=O) groups is 4. The zero-order chi connectivity index (χ0) is 20.3. The molecule has 2 aromatic rings. The summed E-state index contributed by atoms with van der Waals surface area (Å²) in [6, 6.07) is 7.28. The predicted molar refractivity (Wildman–Crippen MR) is 98.7 cm³/mol. The van der Waals surface area contributed by atoms with E-state index in [0.717, 1.165) is 4.88 Å². The fourth-order valence-corrected chi connectivity index (χ4v) is 3.40. The van der Waals surface area contributed by atoms with Crippen molar-refractivity contribution in [2.24, 2.45) is 0 Å². The minimum atomic E-state index is -1.42. The van der Waals surface area contributed by atoms with Gasteiger partial charge in [0, 0.05) is 4.88 Å². The average Bonchev–Trinajstić information content (AvgIpc) is 3.24. The van der Waals surface area contributed by atoms with Gasteiger partial charge in [-0.1, -0.05) is 18.2 Å². The highest BCUT2D eigenvalue weighted by atomic mass is 32.1. The Morgan fingerprint density at radius 2 is 1.93 bits per heavy atom. The van der Waals surface area contributed by atoms with Crippen LogP contribution in [0.3, 0.4) is 0 Å². The summed E-state index contributed by atoms with van der Waals surface area (Å²) in [4.78, 5) is 50.4. The van der Waals surface area contributed by atoms with Gasteiger partial charge in [0.2, 0.25) is 5.91 Å². The number of benzene rings is 1. The summed E-state index contributed by atoms with van der Waals surface area (Å²) in [5, 5.41) is 8.95. The first-order valence-electron chi connectivity index (χ1n) is 8.30. The molecule has 8 nitrogen and oxygen atoms in total. The number of urea groups is 2. The smallest absolute Gasteiger partial charge is 0.325 e. The molecule has 2 heterocycles. The molecular weight excluding hydrogens is 387 g/mol. The second-order valence-corrected chi connectivity index (χ2v) is 7.30. The molecule has 1 aliphatic heterocycles. The lowest BCUT2D eigenvalue weighted by Gasteiger charge is -2.22. The minimum absolute atomic E-state index is 0.253. The highest BCUT2D eigenvalue weighted by Crippen LogP contribution is 2.28. The van der Waals surface area contributed by atoms with Gasteiger partial charge in [-0.2, -0.15) is 0 Å². The zero-order valence-electron chi connectivity index (χ0n) is 14.8. The monoisotopic (exact) mass is 404 g/mol. The quantitative estimate of drug-likeness (QED) is 0.659. The van der Waals surface area contributed by atoms with Crippen LogP contribution in [0.1, 0.15) is 17.4 Å². The molecule has 0 aliphatic carbocycles. The van der Waals surface area contributed by atoms with E-state index < -0.39 is 41.8 Å². The number of halogens is 1. The molecule has 146 valence electrons. The predicted octanol–water partition coefficient (Wildman–Crippen LogP) is 1.68. The van der Waals surface area contributed by atoms with E-state index in [2.05, 4.69) is 16.0 Å². The van der Waals surface area contributed by atoms with Gasteiger partial charge in [0.25, 0.3) is 5.91 Å². The van der Waals surface area contributed by atoms with Crippen molar-refractivity contribution in [2.45, 2.75) is 19.0 Å². The summed E-state index contributed by atoms with van der Waals surface area (Å²) in [5.41, 5.74) is -1.05. The van der Waals surface area contributed by atoms with Crippen molar-refractivity contribution in [1.29, 1.82) is 0 Å². The van der Waals surface area contributed by atoms with Gasteiger partial charge in [-0.15, -0.1) is 11.3 Å². The Morgan fingerprint density at radius 3 is 2.57 bits per heavy atom. The Balaban J connectivity index is 1.59. The van der Waals surface area contributed by atoms with Crippen molar-refractivity contribution >= 4 is 35.2 Å². The van der Waals surface area contributed by atoms with Gasteiger partial charge < -0.3 is 10.6 Å². The molecule has 28 heavy (non-hydrogen) atoms. The molecule has 3 rings (SSSR count). The molecule has 1 fully saturated rings. The Morgan fingerprint density at radius 1 is 1.21 bits per heavy atom. The molecule has 0 bridgehead atoms. The number of hydrogen-bond donors (Lipinski definition) is 3. The van der Waals surface area contributed by atoms with Gasteiger partial charge in [0.1, 0.15) is 17.9 Å². The van der Waals surface area contributed by atoms with Crippen molar-refractivity contribution in [2.75, 3.05) is 6.54 Å². The average molecular weight is 404 g/mol. The second-order valence-electron chi connectivity index (χ2n) is 6.26. The molecule has 1 unspecified atom stereocenters. The first-order valence-corrected chi connectivity index (χ1v) is 9.18. The van der Waals surface area contributed by atoms with Crippen LogP contribution < -0.4 is 16.0 Å². The largest absolute Gasteiger partial charge is 0.333 e. The highest BCUT2D eigenvalue weighted by molar-refractivity contribution is 7.09. The van der Waals surface area contributed by atoms with E-state index in [1.165, 1.54) is 42.5 Å². The third-order valence-corrected chi connectivity index (χ3v) is 5.13. The van der Waals surface area contributed by atoms with Gasteiger partial charge in [-0.3, -0.25) is 19.8 Å². The summed E-state index contributed by atoms with van der Waals surface area (Å²) in [6.45, 7) is 1.10. The molecule has 0 saturated carbocycles. The van der Waals surface area contributed by atoms with Crippen LogP contribution in [-0.4, -0.2) is 35.3 Å². The molecule has 1 aromatic carbocycles. The Hall–Kier alpha value is -3.27. The number of thiophene rings is 1. The Labute approximate surface area is 163 Å². The van der Waals surface area contributed by atoms with Crippen LogP contribution in [-0.2, 0) is 21.7 Å². The summed E-state index contributed by atoms with van der Waals surface area (Å²) >= 11 is 1.45. The normalized spacial score (nSPS) is 18.7. The molecular formula is C18H17FN4O4S. The SMILES string of the molecule is CC1(c2ccc(F)cc2)NC(=O)N(CC(=O)NC(=O)NCc2cccs2)C1=O. The molecule has 10 heteroatoms. The van der Waals surface area contributed by atoms with E-state index in [0.29, 0.717) is 10.5 Å². The standard InChI is InChI=1S/C18H17FN4O4S/c1-18(11-4-6-12(19)7-5-11)15(25)23(17(27)22-18)10-14(24)21-16(26)20-9-13-3-2-8-28-13/h2-8H,9-10H2,1H3,(H,22,27)(H2,20,21,24,26). The fourth-order valence-electron chi connectivity index (χ4n) is 2.75. The number of nitrogens with one attached hydrogen (secondary N) is 3. The number of carbonyl (C=O) groups excluding carboxylic acids is 4. The summed E-state index contributed by atoms with van der Waals surface area (Å²) in [6.07, 6.45) is 0. The third-order valence-electron chi connectivity index (χ3n) is 4.25. The van der Waals surface area contributed by atoms with Gasteiger partial charge >= 0.3 is 12.1 Å². The van der Waals surface area contributed by atoms with Crippen LogP contribution in [0.2, 0.25) is 0 Å². The van der Waals surface area contributed by atoms with Crippen LogP contribution in [0, 0.1) is 5.82 Å². The van der Waals surface area contributed by atoms with Crippen molar-refractivity contribution in [1.82, 2.24) is 20.9 Å². The van der Waals surface area contributed by atoms with Gasteiger partial charge in [0.15, 0.2) is 0 Å². The van der Waals surface area contributed by atoms with Crippen LogP contribution in [0.15, 0.2) is 41.8 Å². The van der Waals surface area contributed by atoms with Crippen molar-refractivity contribution in [3.05, 3.63) is 58.0 Å². The zero-order valence-corrected chi connectivity index (χ0v) is 15.6.